The fraction of sp³-hybridized carbons (Fsp3) is 0.632. The first-order valence-electron chi connectivity index (χ1n) is 8.98. The average Bonchev–Trinajstić information content (AvgIpc) is 2.44. The summed E-state index contributed by atoms with van der Waals surface area (Å²) in [6, 6.07) is 3.02. The van der Waals surface area contributed by atoms with E-state index in [0.29, 0.717) is 0 Å². The van der Waals surface area contributed by atoms with Crippen molar-refractivity contribution in [2.75, 3.05) is 4.90 Å². The lowest BCUT2D eigenvalue weighted by molar-refractivity contribution is -0.385. The summed E-state index contributed by atoms with van der Waals surface area (Å²) in [5.74, 6) is -1.15. The van der Waals surface area contributed by atoms with Crippen molar-refractivity contribution in [1.29, 1.82) is 0 Å². The lowest BCUT2D eigenvalue weighted by atomic mass is 9.80. The smallest absolute Gasteiger partial charge is 0.309 e. The summed E-state index contributed by atoms with van der Waals surface area (Å²) in [5, 5.41) is 21.7. The molecule has 0 radical (unpaired) electrons. The molecule has 1 aliphatic heterocycles. The van der Waals surface area contributed by atoms with Crippen LogP contribution in [0.4, 0.5) is 15.8 Å². The first kappa shape index (κ1) is 21.1. The summed E-state index contributed by atoms with van der Waals surface area (Å²) < 4.78 is 19.8. The Kier molecular flexibility index (Phi) is 5.79. The average molecular weight is 382 g/mol. The number of aliphatic hydroxyl groups is 1. The minimum atomic E-state index is -1.24. The summed E-state index contributed by atoms with van der Waals surface area (Å²) in [6.07, 6.45) is 0.384. The van der Waals surface area contributed by atoms with Crippen molar-refractivity contribution in [3.8, 4) is 0 Å². The Labute approximate surface area is 158 Å². The zero-order valence-corrected chi connectivity index (χ0v) is 16.4. The number of piperidine rings is 1. The Morgan fingerprint density at radius 3 is 2.37 bits per heavy atom. The molecule has 0 aromatic heterocycles. The number of rotatable bonds is 4. The summed E-state index contributed by atoms with van der Waals surface area (Å²) >= 11 is 0. The highest BCUT2D eigenvalue weighted by molar-refractivity contribution is 5.71. The number of benzene rings is 1. The second kappa shape index (κ2) is 7.42. The van der Waals surface area contributed by atoms with Crippen molar-refractivity contribution in [3.63, 3.8) is 0 Å². The second-order valence-corrected chi connectivity index (χ2v) is 8.39. The van der Waals surface area contributed by atoms with Crippen LogP contribution in [0.2, 0.25) is 0 Å². The van der Waals surface area contributed by atoms with Crippen LogP contribution < -0.4 is 4.90 Å². The van der Waals surface area contributed by atoms with E-state index in [1.54, 1.807) is 25.7 Å². The van der Waals surface area contributed by atoms with Crippen molar-refractivity contribution < 1.29 is 24.0 Å². The van der Waals surface area contributed by atoms with E-state index in [2.05, 4.69) is 0 Å². The maximum atomic E-state index is 14.4. The Bertz CT molecular complexity index is 719. The Balaban J connectivity index is 2.17. The number of carbonyl (C=O) groups excluding carboxylic acids is 1. The summed E-state index contributed by atoms with van der Waals surface area (Å²) in [6.45, 7) is 8.95. The number of nitrogens with zero attached hydrogens (tertiary/aromatic N) is 2. The van der Waals surface area contributed by atoms with Crippen LogP contribution in [0, 0.1) is 15.9 Å². The number of carbonyl (C=O) groups is 1. The van der Waals surface area contributed by atoms with Gasteiger partial charge in [0.2, 0.25) is 0 Å². The van der Waals surface area contributed by atoms with Crippen molar-refractivity contribution in [1.82, 2.24) is 0 Å². The molecule has 1 fully saturated rings. The van der Waals surface area contributed by atoms with Gasteiger partial charge in [0.1, 0.15) is 5.60 Å². The molecule has 1 heterocycles. The number of nitro groups is 1. The summed E-state index contributed by atoms with van der Waals surface area (Å²) in [4.78, 5) is 24.1. The number of hydrogen-bond donors (Lipinski definition) is 1. The van der Waals surface area contributed by atoms with Gasteiger partial charge in [-0.15, -0.1) is 0 Å². The van der Waals surface area contributed by atoms with Gasteiger partial charge in [0.15, 0.2) is 5.82 Å². The number of nitro benzene ring substituents is 1. The molecule has 2 rings (SSSR count). The van der Waals surface area contributed by atoms with E-state index in [1.165, 1.54) is 12.1 Å². The highest BCUT2D eigenvalue weighted by atomic mass is 19.1. The number of non-ortho nitro benzene ring substituents is 1. The molecule has 27 heavy (non-hydrogen) atoms. The number of ether oxygens (including phenoxy) is 1. The molecule has 0 bridgehead atoms. The minimum absolute atomic E-state index is 0.129. The van der Waals surface area contributed by atoms with Gasteiger partial charge in [-0.1, -0.05) is 0 Å². The molecule has 8 heteroatoms. The molecule has 1 unspecified atom stereocenters. The first-order chi connectivity index (χ1) is 12.3. The van der Waals surface area contributed by atoms with E-state index in [1.807, 2.05) is 13.8 Å². The lowest BCUT2D eigenvalue weighted by Gasteiger charge is -2.48. The zero-order valence-electron chi connectivity index (χ0n) is 16.4. The quantitative estimate of drug-likeness (QED) is 0.486. The molecule has 1 aromatic rings. The third-order valence-corrected chi connectivity index (χ3v) is 4.61. The van der Waals surface area contributed by atoms with E-state index in [-0.39, 0.29) is 42.7 Å². The number of halogens is 1. The normalized spacial score (nSPS) is 26.0. The molecule has 0 amide bonds. The summed E-state index contributed by atoms with van der Waals surface area (Å²) in [5.41, 5.74) is -1.93. The largest absolute Gasteiger partial charge is 0.460 e. The van der Waals surface area contributed by atoms with Gasteiger partial charge in [0.05, 0.1) is 28.7 Å². The second-order valence-electron chi connectivity index (χ2n) is 8.39. The Hall–Kier alpha value is -2.22. The van der Waals surface area contributed by atoms with Crippen LogP contribution in [0.1, 0.15) is 53.9 Å². The highest BCUT2D eigenvalue weighted by Crippen LogP contribution is 2.38. The van der Waals surface area contributed by atoms with Crippen LogP contribution in [0.15, 0.2) is 18.2 Å². The van der Waals surface area contributed by atoms with E-state index < -0.39 is 27.9 Å². The SMILES string of the molecule is C[C@@H]1CC(O)(CC(=O)OC(C)(C)C)C[C@H](C)N1c1ccc([N+](=O)[O-])cc1F. The first-order valence-corrected chi connectivity index (χ1v) is 8.98. The number of hydrogen-bond acceptors (Lipinski definition) is 6. The van der Waals surface area contributed by atoms with Gasteiger partial charge in [0.25, 0.3) is 5.69 Å². The molecule has 1 saturated heterocycles. The fourth-order valence-corrected chi connectivity index (χ4v) is 3.90. The molecule has 1 aliphatic rings. The predicted molar refractivity (Wildman–Crippen MR) is 99.1 cm³/mol. The van der Waals surface area contributed by atoms with Crippen LogP contribution in [-0.4, -0.2) is 39.3 Å². The minimum Gasteiger partial charge on any atom is -0.460 e. The maximum absolute atomic E-state index is 14.4. The van der Waals surface area contributed by atoms with E-state index in [9.17, 15) is 24.4 Å². The zero-order chi connectivity index (χ0) is 20.6. The standard InChI is InChI=1S/C19H27FN2O5/c1-12-9-19(24,11-17(23)27-18(3,4)5)10-13(2)21(12)16-7-6-14(22(25)26)8-15(16)20/h6-8,12-13,24H,9-11H2,1-5H3/t12-,13+,19?. The molecule has 0 aliphatic carbocycles. The van der Waals surface area contributed by atoms with Crippen LogP contribution in [0.5, 0.6) is 0 Å². The molecule has 7 nitrogen and oxygen atoms in total. The lowest BCUT2D eigenvalue weighted by Crippen LogP contribution is -2.55. The van der Waals surface area contributed by atoms with Crippen molar-refractivity contribution in [2.24, 2.45) is 0 Å². The molecule has 1 N–H and O–H groups in total. The molecular formula is C19H27FN2O5. The van der Waals surface area contributed by atoms with E-state index in [0.717, 1.165) is 6.07 Å². The van der Waals surface area contributed by atoms with Crippen LogP contribution in [-0.2, 0) is 9.53 Å². The number of esters is 1. The molecule has 0 spiro atoms. The van der Waals surface area contributed by atoms with E-state index >= 15 is 0 Å². The van der Waals surface area contributed by atoms with Crippen LogP contribution in [0.25, 0.3) is 0 Å². The molecule has 1 aromatic carbocycles. The predicted octanol–water partition coefficient (Wildman–Crippen LogP) is 3.57. The van der Waals surface area contributed by atoms with Gasteiger partial charge in [-0.2, -0.15) is 0 Å². The van der Waals surface area contributed by atoms with Crippen molar-refractivity contribution in [2.45, 2.75) is 77.2 Å². The van der Waals surface area contributed by atoms with Crippen molar-refractivity contribution >= 4 is 17.3 Å². The Morgan fingerprint density at radius 1 is 1.37 bits per heavy atom. The molecule has 150 valence electrons. The molecule has 0 saturated carbocycles. The van der Waals surface area contributed by atoms with Gasteiger partial charge in [-0.25, -0.2) is 4.39 Å². The van der Waals surface area contributed by atoms with Crippen LogP contribution in [0.3, 0.4) is 0 Å². The number of anilines is 1. The maximum Gasteiger partial charge on any atom is 0.309 e. The van der Waals surface area contributed by atoms with Gasteiger partial charge < -0.3 is 14.7 Å². The van der Waals surface area contributed by atoms with Gasteiger partial charge in [0, 0.05) is 18.2 Å². The topological polar surface area (TPSA) is 92.9 Å². The third-order valence-electron chi connectivity index (χ3n) is 4.61. The molecular weight excluding hydrogens is 355 g/mol. The Morgan fingerprint density at radius 2 is 1.93 bits per heavy atom. The fourth-order valence-electron chi connectivity index (χ4n) is 3.90. The van der Waals surface area contributed by atoms with Crippen LogP contribution >= 0.6 is 0 Å². The monoisotopic (exact) mass is 382 g/mol. The molecule has 3 atom stereocenters. The van der Waals surface area contributed by atoms with Crippen molar-refractivity contribution in [3.05, 3.63) is 34.1 Å². The van der Waals surface area contributed by atoms with E-state index in [4.69, 9.17) is 4.74 Å². The summed E-state index contributed by atoms with van der Waals surface area (Å²) in [7, 11) is 0. The van der Waals surface area contributed by atoms with Gasteiger partial charge in [-0.3, -0.25) is 14.9 Å². The highest BCUT2D eigenvalue weighted by Gasteiger charge is 2.43. The van der Waals surface area contributed by atoms with Gasteiger partial charge >= 0.3 is 5.97 Å². The van der Waals surface area contributed by atoms with Gasteiger partial charge in [-0.05, 0) is 53.5 Å². The third kappa shape index (κ3) is 5.15.